The monoisotopic (exact) mass is 210 g/mol. The van der Waals surface area contributed by atoms with Crippen molar-refractivity contribution in [3.8, 4) is 0 Å². The molecule has 0 aromatic carbocycles. The average molecular weight is 210 g/mol. The zero-order valence-corrected chi connectivity index (χ0v) is 10.0. The molecule has 1 aromatic heterocycles. The number of hydrogen-bond donors (Lipinski definition) is 1. The number of furan rings is 1. The molecule has 15 heavy (non-hydrogen) atoms. The Morgan fingerprint density at radius 3 is 2.67 bits per heavy atom. The molecule has 0 radical (unpaired) electrons. The molecule has 0 aliphatic carbocycles. The number of nitrogens with zero attached hydrogens (tertiary/aromatic N) is 1. The van der Waals surface area contributed by atoms with Crippen molar-refractivity contribution in [2.75, 3.05) is 20.1 Å². The Morgan fingerprint density at radius 1 is 1.27 bits per heavy atom. The first-order valence-electron chi connectivity index (χ1n) is 5.73. The lowest BCUT2D eigenvalue weighted by Gasteiger charge is -2.10. The summed E-state index contributed by atoms with van der Waals surface area (Å²) in [6.45, 7) is 8.13. The van der Waals surface area contributed by atoms with Gasteiger partial charge in [-0.05, 0) is 38.7 Å². The molecule has 0 spiro atoms. The minimum Gasteiger partial charge on any atom is -0.463 e. The minimum atomic E-state index is 0.837. The van der Waals surface area contributed by atoms with E-state index in [1.165, 1.54) is 0 Å². The highest BCUT2D eigenvalue weighted by molar-refractivity contribution is 5.06. The third kappa shape index (κ3) is 4.49. The van der Waals surface area contributed by atoms with Gasteiger partial charge in [-0.3, -0.25) is 4.90 Å². The van der Waals surface area contributed by atoms with Gasteiger partial charge in [-0.25, -0.2) is 0 Å². The second-order valence-corrected chi connectivity index (χ2v) is 3.88. The summed E-state index contributed by atoms with van der Waals surface area (Å²) in [4.78, 5) is 2.22. The van der Waals surface area contributed by atoms with Crippen molar-refractivity contribution in [1.82, 2.24) is 10.2 Å². The normalized spacial score (nSPS) is 11.2. The predicted octanol–water partition coefficient (Wildman–Crippen LogP) is 2.23. The molecule has 0 saturated carbocycles. The average Bonchev–Trinajstić information content (AvgIpc) is 2.66. The third-order valence-corrected chi connectivity index (χ3v) is 2.41. The van der Waals surface area contributed by atoms with E-state index >= 15 is 0 Å². The Balaban J connectivity index is 2.35. The molecule has 1 N–H and O–H groups in total. The molecule has 0 amide bonds. The van der Waals surface area contributed by atoms with Crippen LogP contribution in [-0.2, 0) is 13.1 Å². The molecule has 0 fully saturated rings. The highest BCUT2D eigenvalue weighted by Gasteiger charge is 2.03. The van der Waals surface area contributed by atoms with Crippen LogP contribution in [0.15, 0.2) is 16.5 Å². The summed E-state index contributed by atoms with van der Waals surface area (Å²) in [6, 6.07) is 4.12. The van der Waals surface area contributed by atoms with Crippen LogP contribution in [0.25, 0.3) is 0 Å². The molecular weight excluding hydrogens is 188 g/mol. The summed E-state index contributed by atoms with van der Waals surface area (Å²) in [5.41, 5.74) is 0. The zero-order chi connectivity index (χ0) is 11.1. The zero-order valence-electron chi connectivity index (χ0n) is 10.0. The summed E-state index contributed by atoms with van der Waals surface area (Å²) in [5, 5.41) is 3.32. The minimum absolute atomic E-state index is 0.837. The fourth-order valence-corrected chi connectivity index (χ4v) is 1.37. The fourth-order valence-electron chi connectivity index (χ4n) is 1.37. The van der Waals surface area contributed by atoms with Crippen LogP contribution in [0, 0.1) is 0 Å². The van der Waals surface area contributed by atoms with Gasteiger partial charge >= 0.3 is 0 Å². The fraction of sp³-hybridized carbons (Fsp3) is 0.667. The Bertz CT molecular complexity index is 270. The standard InChI is InChI=1S/C12H22N2O/c1-4-8-13-9-11-6-7-12(15-11)10-14(3)5-2/h6-7,13H,4-5,8-10H2,1-3H3. The Kier molecular flexibility index (Phi) is 5.43. The van der Waals surface area contributed by atoms with Crippen molar-refractivity contribution in [1.29, 1.82) is 0 Å². The van der Waals surface area contributed by atoms with Crippen LogP contribution in [0.2, 0.25) is 0 Å². The molecule has 0 saturated heterocycles. The second kappa shape index (κ2) is 6.64. The molecule has 0 aliphatic rings. The van der Waals surface area contributed by atoms with E-state index in [9.17, 15) is 0 Å². The van der Waals surface area contributed by atoms with Gasteiger partial charge in [0.25, 0.3) is 0 Å². The van der Waals surface area contributed by atoms with Gasteiger partial charge in [0, 0.05) is 0 Å². The predicted molar refractivity (Wildman–Crippen MR) is 62.7 cm³/mol. The molecule has 3 heteroatoms. The molecule has 0 bridgehead atoms. The SMILES string of the molecule is CCCNCc1ccc(CN(C)CC)o1. The van der Waals surface area contributed by atoms with Gasteiger partial charge in [-0.15, -0.1) is 0 Å². The van der Waals surface area contributed by atoms with Crippen LogP contribution in [0.4, 0.5) is 0 Å². The largest absolute Gasteiger partial charge is 0.463 e. The van der Waals surface area contributed by atoms with Crippen molar-refractivity contribution in [2.24, 2.45) is 0 Å². The van der Waals surface area contributed by atoms with E-state index in [4.69, 9.17) is 4.42 Å². The Morgan fingerprint density at radius 2 is 2.00 bits per heavy atom. The van der Waals surface area contributed by atoms with E-state index in [1.54, 1.807) is 0 Å². The van der Waals surface area contributed by atoms with Gasteiger partial charge in [-0.2, -0.15) is 0 Å². The van der Waals surface area contributed by atoms with E-state index in [1.807, 2.05) is 0 Å². The van der Waals surface area contributed by atoms with E-state index in [0.29, 0.717) is 0 Å². The van der Waals surface area contributed by atoms with Gasteiger partial charge in [0.2, 0.25) is 0 Å². The molecule has 1 rings (SSSR count). The topological polar surface area (TPSA) is 28.4 Å². The van der Waals surface area contributed by atoms with Crippen LogP contribution in [0.3, 0.4) is 0 Å². The molecule has 86 valence electrons. The smallest absolute Gasteiger partial charge is 0.118 e. The quantitative estimate of drug-likeness (QED) is 0.700. The maximum absolute atomic E-state index is 5.70. The summed E-state index contributed by atoms with van der Waals surface area (Å²) in [6.07, 6.45) is 1.16. The second-order valence-electron chi connectivity index (χ2n) is 3.88. The van der Waals surface area contributed by atoms with Crippen LogP contribution >= 0.6 is 0 Å². The molecule has 3 nitrogen and oxygen atoms in total. The number of nitrogens with one attached hydrogen (secondary N) is 1. The summed E-state index contributed by atoms with van der Waals surface area (Å²) in [7, 11) is 2.09. The molecule has 0 atom stereocenters. The first-order chi connectivity index (χ1) is 7.26. The van der Waals surface area contributed by atoms with Gasteiger partial charge in [-0.1, -0.05) is 13.8 Å². The lowest BCUT2D eigenvalue weighted by molar-refractivity contribution is 0.302. The van der Waals surface area contributed by atoms with Crippen molar-refractivity contribution in [3.05, 3.63) is 23.7 Å². The lowest BCUT2D eigenvalue weighted by atomic mass is 10.4. The third-order valence-electron chi connectivity index (χ3n) is 2.41. The molecule has 1 aromatic rings. The van der Waals surface area contributed by atoms with Gasteiger partial charge in [0.15, 0.2) is 0 Å². The first-order valence-corrected chi connectivity index (χ1v) is 5.73. The lowest BCUT2D eigenvalue weighted by Crippen LogP contribution is -2.16. The Hall–Kier alpha value is -0.800. The van der Waals surface area contributed by atoms with E-state index in [-0.39, 0.29) is 0 Å². The molecular formula is C12H22N2O. The summed E-state index contributed by atoms with van der Waals surface area (Å²) < 4.78 is 5.70. The van der Waals surface area contributed by atoms with Crippen LogP contribution in [0.5, 0.6) is 0 Å². The highest BCUT2D eigenvalue weighted by Crippen LogP contribution is 2.09. The van der Waals surface area contributed by atoms with Crippen molar-refractivity contribution in [2.45, 2.75) is 33.4 Å². The van der Waals surface area contributed by atoms with E-state index in [0.717, 1.165) is 44.1 Å². The van der Waals surface area contributed by atoms with Crippen LogP contribution < -0.4 is 5.32 Å². The van der Waals surface area contributed by atoms with E-state index in [2.05, 4.69) is 43.2 Å². The first kappa shape index (κ1) is 12.3. The van der Waals surface area contributed by atoms with Crippen LogP contribution in [0.1, 0.15) is 31.8 Å². The van der Waals surface area contributed by atoms with Gasteiger partial charge in [0.05, 0.1) is 13.1 Å². The maximum atomic E-state index is 5.70. The van der Waals surface area contributed by atoms with Crippen molar-refractivity contribution < 1.29 is 4.42 Å². The maximum Gasteiger partial charge on any atom is 0.118 e. The van der Waals surface area contributed by atoms with Gasteiger partial charge < -0.3 is 9.73 Å². The summed E-state index contributed by atoms with van der Waals surface area (Å²) in [5.74, 6) is 2.08. The van der Waals surface area contributed by atoms with Crippen molar-refractivity contribution >= 4 is 0 Å². The Labute approximate surface area is 92.5 Å². The number of rotatable bonds is 7. The molecule has 0 unspecified atom stereocenters. The molecule has 0 aliphatic heterocycles. The number of hydrogen-bond acceptors (Lipinski definition) is 3. The summed E-state index contributed by atoms with van der Waals surface area (Å²) >= 11 is 0. The van der Waals surface area contributed by atoms with Crippen LogP contribution in [-0.4, -0.2) is 25.0 Å². The van der Waals surface area contributed by atoms with E-state index < -0.39 is 0 Å². The molecule has 1 heterocycles. The van der Waals surface area contributed by atoms with Gasteiger partial charge in [0.1, 0.15) is 11.5 Å². The highest BCUT2D eigenvalue weighted by atomic mass is 16.3. The van der Waals surface area contributed by atoms with Crippen molar-refractivity contribution in [3.63, 3.8) is 0 Å².